The van der Waals surface area contributed by atoms with E-state index in [0.717, 1.165) is 49.4 Å². The third-order valence-electron chi connectivity index (χ3n) is 5.73. The van der Waals surface area contributed by atoms with E-state index >= 15 is 0 Å². The van der Waals surface area contributed by atoms with E-state index in [4.69, 9.17) is 0 Å². The molecule has 1 amide bonds. The number of rotatable bonds is 6. The molecule has 2 aromatic carbocycles. The quantitative estimate of drug-likeness (QED) is 0.651. The molecule has 3 aromatic rings. The van der Waals surface area contributed by atoms with Crippen molar-refractivity contribution in [3.8, 4) is 0 Å². The lowest BCUT2D eigenvalue weighted by Gasteiger charge is -2.32. The number of halogens is 1. The Balaban J connectivity index is 1.38. The fourth-order valence-corrected chi connectivity index (χ4v) is 4.04. The van der Waals surface area contributed by atoms with Crippen LogP contribution >= 0.6 is 0 Å². The summed E-state index contributed by atoms with van der Waals surface area (Å²) in [4.78, 5) is 24.2. The van der Waals surface area contributed by atoms with Gasteiger partial charge in [0, 0.05) is 31.7 Å². The predicted molar refractivity (Wildman–Crippen MR) is 118 cm³/mol. The summed E-state index contributed by atoms with van der Waals surface area (Å²) in [6, 6.07) is 16.5. The molecule has 1 aliphatic heterocycles. The molecular formula is C25H27FN4O. The van der Waals surface area contributed by atoms with Crippen LogP contribution in [0.5, 0.6) is 0 Å². The fourth-order valence-electron chi connectivity index (χ4n) is 4.04. The molecular weight excluding hydrogens is 391 g/mol. The smallest absolute Gasteiger partial charge is 0.254 e. The summed E-state index contributed by atoms with van der Waals surface area (Å²) >= 11 is 0. The zero-order valence-corrected chi connectivity index (χ0v) is 17.7. The van der Waals surface area contributed by atoms with Gasteiger partial charge in [0.2, 0.25) is 0 Å². The third-order valence-corrected chi connectivity index (χ3v) is 5.73. The van der Waals surface area contributed by atoms with Crippen LogP contribution in [0.4, 0.5) is 4.39 Å². The summed E-state index contributed by atoms with van der Waals surface area (Å²) in [6.45, 7) is 4.99. The lowest BCUT2D eigenvalue weighted by Crippen LogP contribution is -2.34. The number of hydrogen-bond donors (Lipinski definition) is 1. The number of aryl methyl sites for hydroxylation is 1. The maximum absolute atomic E-state index is 13.2. The van der Waals surface area contributed by atoms with Crippen molar-refractivity contribution < 1.29 is 9.18 Å². The van der Waals surface area contributed by atoms with Gasteiger partial charge in [-0.25, -0.2) is 14.4 Å². The lowest BCUT2D eigenvalue weighted by atomic mass is 9.96. The molecule has 0 unspecified atom stereocenters. The molecule has 0 spiro atoms. The maximum Gasteiger partial charge on any atom is 0.254 e. The molecule has 160 valence electrons. The first kappa shape index (κ1) is 21.1. The highest BCUT2D eigenvalue weighted by Crippen LogP contribution is 2.26. The van der Waals surface area contributed by atoms with E-state index in [2.05, 4.69) is 20.2 Å². The number of amides is 1. The van der Waals surface area contributed by atoms with Gasteiger partial charge in [-0.2, -0.15) is 0 Å². The minimum atomic E-state index is -0.211. The highest BCUT2D eigenvalue weighted by atomic mass is 19.1. The molecule has 1 aliphatic rings. The van der Waals surface area contributed by atoms with E-state index < -0.39 is 0 Å². The Morgan fingerprint density at radius 1 is 1.13 bits per heavy atom. The number of carbonyl (C=O) groups is 1. The molecule has 4 rings (SSSR count). The molecule has 0 radical (unpaired) electrons. The molecule has 0 aliphatic carbocycles. The van der Waals surface area contributed by atoms with Crippen molar-refractivity contribution in [2.45, 2.75) is 38.8 Å². The molecule has 2 heterocycles. The third kappa shape index (κ3) is 5.52. The van der Waals surface area contributed by atoms with Crippen LogP contribution < -0.4 is 5.32 Å². The predicted octanol–water partition coefficient (Wildman–Crippen LogP) is 4.23. The van der Waals surface area contributed by atoms with Crippen molar-refractivity contribution in [1.29, 1.82) is 0 Å². The molecule has 31 heavy (non-hydrogen) atoms. The number of nitrogens with one attached hydrogen (secondary N) is 1. The fraction of sp³-hybridized carbons (Fsp3) is 0.320. The molecule has 1 saturated heterocycles. The van der Waals surface area contributed by atoms with Crippen LogP contribution in [0.25, 0.3) is 0 Å². The molecule has 1 aromatic heterocycles. The average molecular weight is 419 g/mol. The molecule has 1 N–H and O–H groups in total. The number of aromatic nitrogens is 2. The Labute approximate surface area is 182 Å². The second-order valence-electron chi connectivity index (χ2n) is 8.10. The largest absolute Gasteiger partial charge is 0.348 e. The number of benzene rings is 2. The van der Waals surface area contributed by atoms with Crippen LogP contribution in [0, 0.1) is 12.7 Å². The Hall–Kier alpha value is -3.12. The van der Waals surface area contributed by atoms with E-state index in [1.54, 1.807) is 6.20 Å². The second-order valence-corrected chi connectivity index (χ2v) is 8.10. The van der Waals surface area contributed by atoms with E-state index in [-0.39, 0.29) is 17.6 Å². The van der Waals surface area contributed by atoms with E-state index in [9.17, 15) is 9.18 Å². The highest BCUT2D eigenvalue weighted by molar-refractivity contribution is 5.94. The van der Waals surface area contributed by atoms with Gasteiger partial charge in [0.25, 0.3) is 5.91 Å². The summed E-state index contributed by atoms with van der Waals surface area (Å²) in [6.07, 6.45) is 3.74. The van der Waals surface area contributed by atoms with Gasteiger partial charge in [-0.05, 0) is 49.6 Å². The summed E-state index contributed by atoms with van der Waals surface area (Å²) in [5.41, 5.74) is 3.36. The normalized spacial score (nSPS) is 16.8. The molecule has 5 nitrogen and oxygen atoms in total. The second kappa shape index (κ2) is 9.79. The minimum absolute atomic E-state index is 0.158. The Bertz CT molecular complexity index is 1020. The van der Waals surface area contributed by atoms with Gasteiger partial charge in [-0.3, -0.25) is 9.69 Å². The maximum atomic E-state index is 13.2. The number of piperidine rings is 1. The van der Waals surface area contributed by atoms with Gasteiger partial charge in [-0.15, -0.1) is 0 Å². The standard InChI is InChI=1S/C25H27FN4O/c1-18-23(25(31)28-14-19-6-3-2-4-7-19)15-27-24(29-18)21-8-5-13-30(17-21)16-20-9-11-22(26)12-10-20/h2-4,6-7,9-12,15,21H,5,8,13-14,16-17H2,1H3,(H,28,31)/t21-/m1/s1. The van der Waals surface area contributed by atoms with Gasteiger partial charge >= 0.3 is 0 Å². The van der Waals surface area contributed by atoms with Gasteiger partial charge in [0.15, 0.2) is 0 Å². The van der Waals surface area contributed by atoms with Crippen molar-refractivity contribution in [1.82, 2.24) is 20.2 Å². The van der Waals surface area contributed by atoms with Gasteiger partial charge in [-0.1, -0.05) is 42.5 Å². The first-order chi connectivity index (χ1) is 15.1. The number of hydrogen-bond acceptors (Lipinski definition) is 4. The topological polar surface area (TPSA) is 58.1 Å². The monoisotopic (exact) mass is 418 g/mol. The Kier molecular flexibility index (Phi) is 6.67. The van der Waals surface area contributed by atoms with Crippen LogP contribution in [0.3, 0.4) is 0 Å². The Morgan fingerprint density at radius 3 is 2.65 bits per heavy atom. The first-order valence-corrected chi connectivity index (χ1v) is 10.7. The van der Waals surface area contributed by atoms with E-state index in [0.29, 0.717) is 17.8 Å². The van der Waals surface area contributed by atoms with Crippen molar-refractivity contribution in [3.05, 3.63) is 94.8 Å². The zero-order valence-electron chi connectivity index (χ0n) is 17.7. The van der Waals surface area contributed by atoms with Crippen molar-refractivity contribution >= 4 is 5.91 Å². The van der Waals surface area contributed by atoms with Crippen molar-refractivity contribution in [2.24, 2.45) is 0 Å². The molecule has 0 saturated carbocycles. The van der Waals surface area contributed by atoms with Crippen molar-refractivity contribution in [2.75, 3.05) is 13.1 Å². The summed E-state index contributed by atoms with van der Waals surface area (Å²) < 4.78 is 13.2. The van der Waals surface area contributed by atoms with Crippen LogP contribution in [-0.4, -0.2) is 33.9 Å². The summed E-state index contributed by atoms with van der Waals surface area (Å²) in [5, 5.41) is 2.94. The van der Waals surface area contributed by atoms with E-state index in [1.807, 2.05) is 49.4 Å². The summed E-state index contributed by atoms with van der Waals surface area (Å²) in [5.74, 6) is 0.654. The van der Waals surface area contributed by atoms with Crippen LogP contribution in [0.2, 0.25) is 0 Å². The zero-order chi connectivity index (χ0) is 21.6. The SMILES string of the molecule is Cc1nc([C@@H]2CCCN(Cc3ccc(F)cc3)C2)ncc1C(=O)NCc1ccccc1. The van der Waals surface area contributed by atoms with Crippen LogP contribution in [0.1, 0.15) is 51.8 Å². The van der Waals surface area contributed by atoms with Crippen LogP contribution in [-0.2, 0) is 13.1 Å². The van der Waals surface area contributed by atoms with Crippen LogP contribution in [0.15, 0.2) is 60.8 Å². The van der Waals surface area contributed by atoms with Gasteiger partial charge in [0.1, 0.15) is 11.6 Å². The molecule has 1 atom stereocenters. The van der Waals surface area contributed by atoms with Gasteiger partial charge < -0.3 is 5.32 Å². The number of carbonyl (C=O) groups excluding carboxylic acids is 1. The lowest BCUT2D eigenvalue weighted by molar-refractivity contribution is 0.0949. The van der Waals surface area contributed by atoms with Crippen molar-refractivity contribution in [3.63, 3.8) is 0 Å². The highest BCUT2D eigenvalue weighted by Gasteiger charge is 2.24. The molecule has 1 fully saturated rings. The number of likely N-dealkylation sites (tertiary alicyclic amines) is 1. The summed E-state index contributed by atoms with van der Waals surface area (Å²) in [7, 11) is 0. The molecule has 6 heteroatoms. The van der Waals surface area contributed by atoms with E-state index in [1.165, 1.54) is 12.1 Å². The average Bonchev–Trinajstić information content (AvgIpc) is 2.80. The van der Waals surface area contributed by atoms with Gasteiger partial charge in [0.05, 0.1) is 11.3 Å². The molecule has 0 bridgehead atoms. The number of nitrogens with zero attached hydrogens (tertiary/aromatic N) is 3. The first-order valence-electron chi connectivity index (χ1n) is 10.7. The Morgan fingerprint density at radius 2 is 1.90 bits per heavy atom. The minimum Gasteiger partial charge on any atom is -0.348 e.